The van der Waals surface area contributed by atoms with Crippen LogP contribution in [0.25, 0.3) is 22.3 Å². The molecule has 4 aromatic carbocycles. The topological polar surface area (TPSA) is 77.4 Å². The molecule has 0 spiro atoms. The van der Waals surface area contributed by atoms with Crippen molar-refractivity contribution in [3.05, 3.63) is 84.4 Å². The molecule has 4 aromatic rings. The van der Waals surface area contributed by atoms with Gasteiger partial charge in [0.1, 0.15) is 29.6 Å². The van der Waals surface area contributed by atoms with Crippen LogP contribution in [0.1, 0.15) is 5.56 Å². The largest absolute Gasteiger partial charge is 0.508 e. The zero-order valence-electron chi connectivity index (χ0n) is 19.2. The standard InChI is InChI=1S/C28H26O6/c1-31-24-13-10-20(29)16-22(24)27-25(32-2)14-11-21(19-9-12-23(30)26(15-19)33-3)28(27)34-17-18-7-5-4-6-8-18/h4-16,29-30H,17H2,1-3H3. The maximum Gasteiger partial charge on any atom is 0.161 e. The average Bonchev–Trinajstić information content (AvgIpc) is 2.87. The van der Waals surface area contributed by atoms with E-state index in [0.29, 0.717) is 40.7 Å². The molecular weight excluding hydrogens is 432 g/mol. The molecule has 0 aliphatic carbocycles. The molecule has 0 heterocycles. The Balaban J connectivity index is 1.97. The van der Waals surface area contributed by atoms with Crippen molar-refractivity contribution >= 4 is 0 Å². The monoisotopic (exact) mass is 458 g/mol. The number of ether oxygens (including phenoxy) is 4. The third kappa shape index (κ3) is 4.57. The van der Waals surface area contributed by atoms with Crippen LogP contribution in [0.15, 0.2) is 78.9 Å². The van der Waals surface area contributed by atoms with Crippen molar-refractivity contribution in [3.63, 3.8) is 0 Å². The van der Waals surface area contributed by atoms with Crippen LogP contribution >= 0.6 is 0 Å². The Labute approximate surface area is 198 Å². The highest BCUT2D eigenvalue weighted by molar-refractivity contribution is 5.89. The highest BCUT2D eigenvalue weighted by Crippen LogP contribution is 2.49. The fourth-order valence-corrected chi connectivity index (χ4v) is 3.83. The summed E-state index contributed by atoms with van der Waals surface area (Å²) in [6, 6.07) is 23.5. The first-order valence-electron chi connectivity index (χ1n) is 10.7. The summed E-state index contributed by atoms with van der Waals surface area (Å²) in [4.78, 5) is 0. The van der Waals surface area contributed by atoms with Gasteiger partial charge < -0.3 is 29.2 Å². The highest BCUT2D eigenvalue weighted by atomic mass is 16.5. The fourth-order valence-electron chi connectivity index (χ4n) is 3.83. The molecule has 6 heteroatoms. The van der Waals surface area contributed by atoms with Gasteiger partial charge in [-0.15, -0.1) is 0 Å². The number of methoxy groups -OCH3 is 3. The number of benzene rings is 4. The summed E-state index contributed by atoms with van der Waals surface area (Å²) in [5, 5.41) is 20.4. The van der Waals surface area contributed by atoms with Gasteiger partial charge in [0.15, 0.2) is 11.5 Å². The molecule has 0 unspecified atom stereocenters. The van der Waals surface area contributed by atoms with Gasteiger partial charge in [0.2, 0.25) is 0 Å². The Kier molecular flexibility index (Phi) is 6.78. The van der Waals surface area contributed by atoms with E-state index in [1.54, 1.807) is 50.6 Å². The van der Waals surface area contributed by atoms with Crippen LogP contribution in [0.4, 0.5) is 0 Å². The molecule has 0 aliphatic heterocycles. The second-order valence-electron chi connectivity index (χ2n) is 7.56. The van der Waals surface area contributed by atoms with Crippen LogP contribution < -0.4 is 18.9 Å². The molecule has 174 valence electrons. The van der Waals surface area contributed by atoms with Crippen LogP contribution in [0.2, 0.25) is 0 Å². The molecule has 0 radical (unpaired) electrons. The van der Waals surface area contributed by atoms with Gasteiger partial charge in [-0.1, -0.05) is 36.4 Å². The lowest BCUT2D eigenvalue weighted by Gasteiger charge is -2.21. The van der Waals surface area contributed by atoms with Gasteiger partial charge in [0.05, 0.1) is 26.9 Å². The van der Waals surface area contributed by atoms with Gasteiger partial charge in [-0.3, -0.25) is 0 Å². The third-order valence-electron chi connectivity index (χ3n) is 5.51. The molecule has 0 fully saturated rings. The highest BCUT2D eigenvalue weighted by Gasteiger charge is 2.23. The predicted molar refractivity (Wildman–Crippen MR) is 131 cm³/mol. The van der Waals surface area contributed by atoms with Crippen molar-refractivity contribution in [1.82, 2.24) is 0 Å². The van der Waals surface area contributed by atoms with E-state index in [1.165, 1.54) is 7.11 Å². The molecule has 0 aromatic heterocycles. The van der Waals surface area contributed by atoms with E-state index in [-0.39, 0.29) is 11.5 Å². The summed E-state index contributed by atoms with van der Waals surface area (Å²) < 4.78 is 23.0. The summed E-state index contributed by atoms with van der Waals surface area (Å²) in [5.41, 5.74) is 3.79. The maximum atomic E-state index is 10.3. The Bertz CT molecular complexity index is 1280. The maximum absolute atomic E-state index is 10.3. The number of phenols is 2. The SMILES string of the molecule is COc1cc(-c2ccc(OC)c(-c3cc(O)ccc3OC)c2OCc2ccccc2)ccc1O. The van der Waals surface area contributed by atoms with Crippen LogP contribution in [0.5, 0.6) is 34.5 Å². The number of hydrogen-bond donors (Lipinski definition) is 2. The minimum Gasteiger partial charge on any atom is -0.508 e. The number of phenolic OH excluding ortho intramolecular Hbond substituents is 2. The normalized spacial score (nSPS) is 10.6. The lowest BCUT2D eigenvalue weighted by Crippen LogP contribution is -2.02. The second kappa shape index (κ2) is 10.1. The Hall–Kier alpha value is -4.32. The van der Waals surface area contributed by atoms with E-state index in [2.05, 4.69) is 0 Å². The Morgan fingerprint density at radius 3 is 2.06 bits per heavy atom. The summed E-state index contributed by atoms with van der Waals surface area (Å²) in [5.74, 6) is 2.13. The van der Waals surface area contributed by atoms with E-state index in [4.69, 9.17) is 18.9 Å². The van der Waals surface area contributed by atoms with E-state index >= 15 is 0 Å². The van der Waals surface area contributed by atoms with Crippen molar-refractivity contribution in [2.75, 3.05) is 21.3 Å². The third-order valence-corrected chi connectivity index (χ3v) is 5.51. The zero-order chi connectivity index (χ0) is 24.1. The molecule has 0 bridgehead atoms. The van der Waals surface area contributed by atoms with Crippen molar-refractivity contribution in [3.8, 4) is 56.8 Å². The van der Waals surface area contributed by atoms with Crippen molar-refractivity contribution in [2.45, 2.75) is 6.61 Å². The smallest absolute Gasteiger partial charge is 0.161 e. The average molecular weight is 459 g/mol. The van der Waals surface area contributed by atoms with Crippen molar-refractivity contribution < 1.29 is 29.2 Å². The summed E-state index contributed by atoms with van der Waals surface area (Å²) in [7, 11) is 4.66. The summed E-state index contributed by atoms with van der Waals surface area (Å²) in [6.45, 7) is 0.310. The molecule has 6 nitrogen and oxygen atoms in total. The van der Waals surface area contributed by atoms with Crippen LogP contribution in [0, 0.1) is 0 Å². The van der Waals surface area contributed by atoms with Crippen LogP contribution in [-0.2, 0) is 6.61 Å². The first-order valence-corrected chi connectivity index (χ1v) is 10.7. The zero-order valence-corrected chi connectivity index (χ0v) is 19.2. The number of hydrogen-bond acceptors (Lipinski definition) is 6. The number of rotatable bonds is 8. The van der Waals surface area contributed by atoms with Gasteiger partial charge in [-0.2, -0.15) is 0 Å². The van der Waals surface area contributed by atoms with Gasteiger partial charge in [0.25, 0.3) is 0 Å². The van der Waals surface area contributed by atoms with Gasteiger partial charge in [-0.05, 0) is 53.6 Å². The minimum atomic E-state index is 0.0430. The van der Waals surface area contributed by atoms with E-state index in [1.807, 2.05) is 42.5 Å². The minimum absolute atomic E-state index is 0.0430. The van der Waals surface area contributed by atoms with Crippen LogP contribution in [0.3, 0.4) is 0 Å². The molecule has 0 aliphatic rings. The van der Waals surface area contributed by atoms with Crippen molar-refractivity contribution in [1.29, 1.82) is 0 Å². The fraction of sp³-hybridized carbons (Fsp3) is 0.143. The lowest BCUT2D eigenvalue weighted by molar-refractivity contribution is 0.306. The quantitative estimate of drug-likeness (QED) is 0.335. The van der Waals surface area contributed by atoms with E-state index in [0.717, 1.165) is 16.7 Å². The second-order valence-corrected chi connectivity index (χ2v) is 7.56. The molecule has 34 heavy (non-hydrogen) atoms. The van der Waals surface area contributed by atoms with Gasteiger partial charge >= 0.3 is 0 Å². The Morgan fingerprint density at radius 2 is 1.35 bits per heavy atom. The number of aromatic hydroxyl groups is 2. The van der Waals surface area contributed by atoms with Crippen molar-refractivity contribution in [2.24, 2.45) is 0 Å². The first kappa shape index (κ1) is 22.9. The summed E-state index contributed by atoms with van der Waals surface area (Å²) >= 11 is 0. The Morgan fingerprint density at radius 1 is 0.647 bits per heavy atom. The molecule has 0 saturated heterocycles. The van der Waals surface area contributed by atoms with Gasteiger partial charge in [-0.25, -0.2) is 0 Å². The predicted octanol–water partition coefficient (Wildman–Crippen LogP) is 6.04. The van der Waals surface area contributed by atoms with E-state index < -0.39 is 0 Å². The molecular formula is C28H26O6. The molecule has 0 amide bonds. The molecule has 0 atom stereocenters. The van der Waals surface area contributed by atoms with Gasteiger partial charge in [0, 0.05) is 11.1 Å². The first-order chi connectivity index (χ1) is 16.5. The molecule has 4 rings (SSSR count). The molecule has 0 saturated carbocycles. The van der Waals surface area contributed by atoms with E-state index in [9.17, 15) is 10.2 Å². The summed E-state index contributed by atoms with van der Waals surface area (Å²) in [6.07, 6.45) is 0. The van der Waals surface area contributed by atoms with Crippen LogP contribution in [-0.4, -0.2) is 31.5 Å². The lowest BCUT2D eigenvalue weighted by atomic mass is 9.95. The molecule has 2 N–H and O–H groups in total.